The molecule has 0 aromatic heterocycles. The van der Waals surface area contributed by atoms with Crippen molar-refractivity contribution in [2.75, 3.05) is 45.4 Å². The maximum Gasteiger partial charge on any atom is 0.257 e. The van der Waals surface area contributed by atoms with Crippen LogP contribution < -0.4 is 23.8 Å². The first-order valence-corrected chi connectivity index (χ1v) is 16.3. The van der Waals surface area contributed by atoms with Crippen LogP contribution in [-0.4, -0.2) is 97.8 Å². The van der Waals surface area contributed by atoms with Gasteiger partial charge in [-0.05, 0) is 58.1 Å². The van der Waals surface area contributed by atoms with Gasteiger partial charge < -0.3 is 38.8 Å². The van der Waals surface area contributed by atoms with E-state index < -0.39 is 6.23 Å². The molecule has 250 valence electrons. The van der Waals surface area contributed by atoms with Gasteiger partial charge in [-0.15, -0.1) is 0 Å². The van der Waals surface area contributed by atoms with Crippen LogP contribution in [0.1, 0.15) is 66.7 Å². The minimum absolute atomic E-state index is 0.0602. The van der Waals surface area contributed by atoms with Crippen molar-refractivity contribution in [3.05, 3.63) is 59.7 Å². The van der Waals surface area contributed by atoms with E-state index in [-0.39, 0.29) is 29.9 Å². The summed E-state index contributed by atoms with van der Waals surface area (Å²) in [5, 5.41) is 11.4. The fourth-order valence-electron chi connectivity index (χ4n) is 6.94. The molecule has 11 heteroatoms. The van der Waals surface area contributed by atoms with E-state index in [9.17, 15) is 14.7 Å². The number of fused-ring (bicyclic) bond motifs is 4. The van der Waals surface area contributed by atoms with Crippen LogP contribution in [0.5, 0.6) is 23.0 Å². The molecule has 6 rings (SSSR count). The molecule has 4 heterocycles. The van der Waals surface area contributed by atoms with Crippen molar-refractivity contribution in [3.63, 3.8) is 0 Å². The van der Waals surface area contributed by atoms with Gasteiger partial charge in [-0.25, -0.2) is 0 Å². The monoisotopic (exact) mass is 644 g/mol. The van der Waals surface area contributed by atoms with Crippen molar-refractivity contribution < 1.29 is 33.6 Å². The molecule has 2 aromatic carbocycles. The first kappa shape index (κ1) is 32.4. The van der Waals surface area contributed by atoms with Crippen LogP contribution in [0.4, 0.5) is 11.4 Å². The number of amides is 2. The molecule has 1 unspecified atom stereocenters. The van der Waals surface area contributed by atoms with Gasteiger partial charge in [0, 0.05) is 37.5 Å². The zero-order valence-electron chi connectivity index (χ0n) is 27.7. The number of hydrogen-bond acceptors (Lipinski definition) is 9. The Balaban J connectivity index is 1.07. The van der Waals surface area contributed by atoms with Gasteiger partial charge in [0.05, 0.1) is 62.0 Å². The van der Waals surface area contributed by atoms with Gasteiger partial charge in [0.25, 0.3) is 11.8 Å². The lowest BCUT2D eigenvalue weighted by molar-refractivity contribution is 0.0497. The third-order valence-electron chi connectivity index (χ3n) is 9.28. The number of nitrogens with zero attached hydrogens (tertiary/aromatic N) is 4. The maximum atomic E-state index is 13.6. The highest BCUT2D eigenvalue weighted by molar-refractivity contribution is 6.04. The van der Waals surface area contributed by atoms with Crippen molar-refractivity contribution in [1.29, 1.82) is 0 Å². The predicted molar refractivity (Wildman–Crippen MR) is 180 cm³/mol. The Morgan fingerprint density at radius 1 is 0.830 bits per heavy atom. The second-order valence-corrected chi connectivity index (χ2v) is 12.9. The van der Waals surface area contributed by atoms with E-state index in [1.165, 1.54) is 0 Å². The van der Waals surface area contributed by atoms with Crippen LogP contribution in [0.3, 0.4) is 0 Å². The van der Waals surface area contributed by atoms with Gasteiger partial charge in [-0.2, -0.15) is 0 Å². The molecule has 2 amide bonds. The number of aliphatic hydroxyl groups excluding tert-OH is 1. The second-order valence-electron chi connectivity index (χ2n) is 12.9. The molecular formula is C36H44N4O7. The third kappa shape index (κ3) is 6.16. The first-order valence-electron chi connectivity index (χ1n) is 16.3. The summed E-state index contributed by atoms with van der Waals surface area (Å²) in [6.07, 6.45) is 4.61. The van der Waals surface area contributed by atoms with Crippen molar-refractivity contribution in [2.24, 2.45) is 4.99 Å². The van der Waals surface area contributed by atoms with E-state index in [2.05, 4.69) is 18.2 Å². The first-order chi connectivity index (χ1) is 22.6. The summed E-state index contributed by atoms with van der Waals surface area (Å²) in [5.41, 5.74) is 4.13. The third-order valence-corrected chi connectivity index (χ3v) is 9.28. The lowest BCUT2D eigenvalue weighted by Gasteiger charge is -2.36. The summed E-state index contributed by atoms with van der Waals surface area (Å²) in [6, 6.07) is 6.52. The van der Waals surface area contributed by atoms with Gasteiger partial charge in [-0.1, -0.05) is 24.3 Å². The molecule has 0 bridgehead atoms. The molecule has 2 saturated heterocycles. The number of unbranched alkanes of at least 4 members (excludes halogenated alkanes) is 2. The number of methoxy groups -OCH3 is 2. The largest absolute Gasteiger partial charge is 0.493 e. The summed E-state index contributed by atoms with van der Waals surface area (Å²) >= 11 is 0. The van der Waals surface area contributed by atoms with E-state index >= 15 is 0 Å². The van der Waals surface area contributed by atoms with E-state index in [0.29, 0.717) is 78.2 Å². The fourth-order valence-corrected chi connectivity index (χ4v) is 6.94. The quantitative estimate of drug-likeness (QED) is 0.265. The summed E-state index contributed by atoms with van der Waals surface area (Å²) in [6.45, 7) is 14.0. The van der Waals surface area contributed by atoms with E-state index in [4.69, 9.17) is 18.9 Å². The van der Waals surface area contributed by atoms with Gasteiger partial charge >= 0.3 is 0 Å². The molecule has 0 aliphatic carbocycles. The van der Waals surface area contributed by atoms with Crippen LogP contribution in [-0.2, 0) is 0 Å². The van der Waals surface area contributed by atoms with Crippen LogP contribution >= 0.6 is 0 Å². The molecule has 2 aromatic rings. The Bertz CT molecular complexity index is 1620. The molecular weight excluding hydrogens is 600 g/mol. The molecule has 0 radical (unpaired) electrons. The Labute approximate surface area is 276 Å². The van der Waals surface area contributed by atoms with Crippen molar-refractivity contribution in [3.8, 4) is 23.0 Å². The minimum atomic E-state index is -0.871. The Hall–Kier alpha value is -4.51. The highest BCUT2D eigenvalue weighted by Gasteiger charge is 2.44. The molecule has 11 nitrogen and oxygen atoms in total. The fraction of sp³-hybridized carbons (Fsp3) is 0.472. The normalized spacial score (nSPS) is 21.7. The number of hydrogen-bond donors (Lipinski definition) is 1. The van der Waals surface area contributed by atoms with E-state index in [0.717, 1.165) is 36.8 Å². The van der Waals surface area contributed by atoms with E-state index in [1.807, 2.05) is 31.0 Å². The number of anilines is 1. The van der Waals surface area contributed by atoms with Crippen molar-refractivity contribution in [1.82, 2.24) is 9.80 Å². The molecule has 3 atom stereocenters. The number of ether oxygens (including phenoxy) is 4. The molecule has 2 fully saturated rings. The molecule has 1 N–H and O–H groups in total. The summed E-state index contributed by atoms with van der Waals surface area (Å²) < 4.78 is 23.5. The van der Waals surface area contributed by atoms with Gasteiger partial charge in [0.15, 0.2) is 23.0 Å². The van der Waals surface area contributed by atoms with E-state index in [1.54, 1.807) is 42.2 Å². The Kier molecular flexibility index (Phi) is 9.18. The smallest absolute Gasteiger partial charge is 0.257 e. The van der Waals surface area contributed by atoms with Crippen molar-refractivity contribution >= 4 is 29.4 Å². The molecule has 4 aliphatic rings. The number of benzene rings is 2. The topological polar surface area (TPSA) is 113 Å². The van der Waals surface area contributed by atoms with Crippen LogP contribution in [0.25, 0.3) is 0 Å². The zero-order chi connectivity index (χ0) is 33.4. The highest BCUT2D eigenvalue weighted by atomic mass is 16.5. The number of carbonyl (C=O) groups is 2. The lowest BCUT2D eigenvalue weighted by atomic mass is 10.1. The number of carbonyl (C=O) groups excluding carboxylic acids is 2. The predicted octanol–water partition coefficient (Wildman–Crippen LogP) is 5.14. The van der Waals surface area contributed by atoms with Crippen LogP contribution in [0, 0.1) is 0 Å². The highest BCUT2D eigenvalue weighted by Crippen LogP contribution is 2.43. The molecule has 0 saturated carbocycles. The standard InChI is InChI=1S/C36H44N4O7/c1-21(2)40-28-17-33(31(45-6)15-26(28)35(42)39-20-23(4)13-29(39)36(40)43)47-11-9-7-8-10-46-32-16-27-25(14-30(32)44-5)34(41)38-19-22(3)12-24(38)18-37-27/h14-18,21,24,29,36,43H,3-4,7-13,19-20H2,1-2,5-6H3/t24?,29-,36-/m0/s1. The number of rotatable bonds is 11. The van der Waals surface area contributed by atoms with Crippen LogP contribution in [0.2, 0.25) is 0 Å². The summed E-state index contributed by atoms with van der Waals surface area (Å²) in [5.74, 6) is 1.80. The Morgan fingerprint density at radius 2 is 1.43 bits per heavy atom. The summed E-state index contributed by atoms with van der Waals surface area (Å²) in [4.78, 5) is 36.8. The minimum Gasteiger partial charge on any atom is -0.493 e. The summed E-state index contributed by atoms with van der Waals surface area (Å²) in [7, 11) is 3.12. The average Bonchev–Trinajstić information content (AvgIpc) is 3.58. The maximum absolute atomic E-state index is 13.6. The number of aliphatic imine (C=N–C) groups is 1. The van der Waals surface area contributed by atoms with Gasteiger partial charge in [0.1, 0.15) is 6.23 Å². The van der Waals surface area contributed by atoms with Gasteiger partial charge in [-0.3, -0.25) is 14.6 Å². The average molecular weight is 645 g/mol. The molecule has 47 heavy (non-hydrogen) atoms. The van der Waals surface area contributed by atoms with Gasteiger partial charge in [0.2, 0.25) is 0 Å². The van der Waals surface area contributed by atoms with Crippen molar-refractivity contribution in [2.45, 2.75) is 70.3 Å². The molecule has 0 spiro atoms. The number of aliphatic hydroxyl groups is 1. The Morgan fingerprint density at radius 3 is 2.09 bits per heavy atom. The SMILES string of the molecule is C=C1CC2C=Nc3cc(OCCCCCOc4cc5c(cc4OC)C(=O)N4CC(=C)C[C@H]4[C@H](O)N5C(C)C)c(OC)cc3C(=O)N2C1. The zero-order valence-corrected chi connectivity index (χ0v) is 27.7. The van der Waals surface area contributed by atoms with Crippen LogP contribution in [0.15, 0.2) is 53.6 Å². The lowest BCUT2D eigenvalue weighted by Crippen LogP contribution is -2.50. The molecule has 4 aliphatic heterocycles. The second kappa shape index (κ2) is 13.3.